The molecule has 0 aliphatic carbocycles. The van der Waals surface area contributed by atoms with Crippen LogP contribution in [-0.4, -0.2) is 41.1 Å². The van der Waals surface area contributed by atoms with Crippen molar-refractivity contribution in [2.45, 2.75) is 37.8 Å². The number of hydrogen-bond donors (Lipinski definition) is 1. The number of aliphatic hydroxyl groups is 1. The van der Waals surface area contributed by atoms with E-state index in [1.54, 1.807) is 17.0 Å². The number of nitrogens with zero attached hydrogens (tertiary/aromatic N) is 2. The molecule has 28 heavy (non-hydrogen) atoms. The summed E-state index contributed by atoms with van der Waals surface area (Å²) in [6, 6.07) is 14.3. The number of aliphatic hydroxyl groups excluding tert-OH is 1. The molecule has 1 N–H and O–H groups in total. The predicted octanol–water partition coefficient (Wildman–Crippen LogP) is 5.07. The van der Waals surface area contributed by atoms with Crippen LogP contribution in [0.15, 0.2) is 53.0 Å². The number of benzene rings is 2. The SMILES string of the molecule is C[C@@H](c1ccc(Br)cc1)N1CCC(CCCO)(c2ccc(F)cc2)N(C)C1=O. The molecule has 0 saturated carbocycles. The number of amides is 2. The first-order chi connectivity index (χ1) is 13.4. The Morgan fingerprint density at radius 3 is 2.43 bits per heavy atom. The number of carbonyl (C=O) groups excluding carboxylic acids is 1. The van der Waals surface area contributed by atoms with E-state index in [0.717, 1.165) is 22.0 Å². The Hall–Kier alpha value is -1.92. The molecule has 2 amide bonds. The molecule has 150 valence electrons. The quantitative estimate of drug-likeness (QED) is 0.669. The van der Waals surface area contributed by atoms with Gasteiger partial charge in [0.1, 0.15) is 5.82 Å². The highest BCUT2D eigenvalue weighted by Gasteiger charge is 2.45. The fraction of sp³-hybridized carbons (Fsp3) is 0.409. The van der Waals surface area contributed by atoms with E-state index in [4.69, 9.17) is 0 Å². The van der Waals surface area contributed by atoms with Gasteiger partial charge in [-0.25, -0.2) is 9.18 Å². The maximum Gasteiger partial charge on any atom is 0.320 e. The third-order valence-corrected chi connectivity index (χ3v) is 6.42. The van der Waals surface area contributed by atoms with E-state index < -0.39 is 5.54 Å². The van der Waals surface area contributed by atoms with Crippen molar-refractivity contribution in [1.82, 2.24) is 9.80 Å². The van der Waals surface area contributed by atoms with E-state index in [-0.39, 0.29) is 24.5 Å². The minimum atomic E-state index is -0.538. The molecule has 0 aromatic heterocycles. The summed E-state index contributed by atoms with van der Waals surface area (Å²) in [4.78, 5) is 17.0. The van der Waals surface area contributed by atoms with Gasteiger partial charge in [0, 0.05) is 24.7 Å². The van der Waals surface area contributed by atoms with E-state index in [2.05, 4.69) is 15.9 Å². The Morgan fingerprint density at radius 1 is 1.18 bits per heavy atom. The lowest BCUT2D eigenvalue weighted by Crippen LogP contribution is -2.59. The molecule has 0 bridgehead atoms. The topological polar surface area (TPSA) is 43.8 Å². The van der Waals surface area contributed by atoms with Crippen molar-refractivity contribution in [2.24, 2.45) is 0 Å². The number of hydrogen-bond acceptors (Lipinski definition) is 2. The molecule has 1 aliphatic heterocycles. The average molecular weight is 449 g/mol. The number of carbonyl (C=O) groups is 1. The van der Waals surface area contributed by atoms with Crippen LogP contribution in [0, 0.1) is 5.82 Å². The fourth-order valence-electron chi connectivity index (χ4n) is 4.13. The van der Waals surface area contributed by atoms with Crippen LogP contribution in [-0.2, 0) is 5.54 Å². The molecule has 1 heterocycles. The zero-order valence-electron chi connectivity index (χ0n) is 16.2. The second-order valence-electron chi connectivity index (χ2n) is 7.38. The van der Waals surface area contributed by atoms with Crippen molar-refractivity contribution in [2.75, 3.05) is 20.2 Å². The average Bonchev–Trinajstić information content (AvgIpc) is 2.70. The van der Waals surface area contributed by atoms with Crippen LogP contribution < -0.4 is 0 Å². The highest BCUT2D eigenvalue weighted by Crippen LogP contribution is 2.41. The molecule has 1 aliphatic rings. The van der Waals surface area contributed by atoms with E-state index >= 15 is 0 Å². The molecule has 6 heteroatoms. The molecule has 1 saturated heterocycles. The highest BCUT2D eigenvalue weighted by atomic mass is 79.9. The predicted molar refractivity (Wildman–Crippen MR) is 111 cm³/mol. The first kappa shape index (κ1) is 20.8. The van der Waals surface area contributed by atoms with Gasteiger partial charge in [0.15, 0.2) is 0 Å². The van der Waals surface area contributed by atoms with Crippen molar-refractivity contribution in [3.8, 4) is 0 Å². The van der Waals surface area contributed by atoms with Gasteiger partial charge in [0.25, 0.3) is 0 Å². The summed E-state index contributed by atoms with van der Waals surface area (Å²) in [5.74, 6) is -0.295. The molecular formula is C22H26BrFN2O2. The molecule has 3 rings (SSSR count). The summed E-state index contributed by atoms with van der Waals surface area (Å²) in [5, 5.41) is 9.39. The smallest absolute Gasteiger partial charge is 0.320 e. The van der Waals surface area contributed by atoms with Gasteiger partial charge in [-0.1, -0.05) is 40.2 Å². The zero-order valence-corrected chi connectivity index (χ0v) is 17.8. The van der Waals surface area contributed by atoms with Gasteiger partial charge in [-0.3, -0.25) is 0 Å². The third-order valence-electron chi connectivity index (χ3n) is 5.89. The van der Waals surface area contributed by atoms with Crippen molar-refractivity contribution >= 4 is 22.0 Å². The van der Waals surface area contributed by atoms with Crippen LogP contribution >= 0.6 is 15.9 Å². The lowest BCUT2D eigenvalue weighted by Gasteiger charge is -2.50. The van der Waals surface area contributed by atoms with Crippen molar-refractivity contribution in [1.29, 1.82) is 0 Å². The van der Waals surface area contributed by atoms with Crippen molar-refractivity contribution in [3.63, 3.8) is 0 Å². The summed E-state index contributed by atoms with van der Waals surface area (Å²) in [6.07, 6.45) is 1.94. The van der Waals surface area contributed by atoms with Crippen LogP contribution in [0.25, 0.3) is 0 Å². The van der Waals surface area contributed by atoms with E-state index in [9.17, 15) is 14.3 Å². The number of rotatable bonds is 6. The number of urea groups is 1. The summed E-state index contributed by atoms with van der Waals surface area (Å²) >= 11 is 3.45. The second-order valence-corrected chi connectivity index (χ2v) is 8.29. The normalized spacial score (nSPS) is 21.1. The first-order valence-corrected chi connectivity index (χ1v) is 10.3. The van der Waals surface area contributed by atoms with Gasteiger partial charge in [0.05, 0.1) is 11.6 Å². The maximum atomic E-state index is 13.5. The Labute approximate surface area is 174 Å². The summed E-state index contributed by atoms with van der Waals surface area (Å²) in [6.45, 7) is 2.70. The minimum Gasteiger partial charge on any atom is -0.396 e. The second kappa shape index (κ2) is 8.62. The summed E-state index contributed by atoms with van der Waals surface area (Å²) in [5.41, 5.74) is 1.45. The van der Waals surface area contributed by atoms with Crippen molar-refractivity contribution < 1.29 is 14.3 Å². The Morgan fingerprint density at radius 2 is 1.82 bits per heavy atom. The van der Waals surface area contributed by atoms with E-state index in [1.807, 2.05) is 43.1 Å². The fourth-order valence-corrected chi connectivity index (χ4v) is 4.40. The molecule has 2 atom stereocenters. The van der Waals surface area contributed by atoms with Crippen LogP contribution in [0.3, 0.4) is 0 Å². The van der Waals surface area contributed by atoms with Crippen LogP contribution in [0.4, 0.5) is 9.18 Å². The molecular weight excluding hydrogens is 423 g/mol. The maximum absolute atomic E-state index is 13.5. The first-order valence-electron chi connectivity index (χ1n) is 9.56. The van der Waals surface area contributed by atoms with Crippen LogP contribution in [0.2, 0.25) is 0 Å². The largest absolute Gasteiger partial charge is 0.396 e. The van der Waals surface area contributed by atoms with Crippen LogP contribution in [0.1, 0.15) is 43.4 Å². The van der Waals surface area contributed by atoms with Gasteiger partial charge in [-0.05, 0) is 61.6 Å². The monoisotopic (exact) mass is 448 g/mol. The summed E-state index contributed by atoms with van der Waals surface area (Å²) < 4.78 is 14.5. The summed E-state index contributed by atoms with van der Waals surface area (Å²) in [7, 11) is 1.81. The standard InChI is InChI=1S/C22H26BrFN2O2/c1-16(17-4-8-19(23)9-5-17)26-14-13-22(12-3-15-27,25(2)21(26)28)18-6-10-20(24)11-7-18/h4-11,16,27H,3,12-15H2,1-2H3/t16-,22?/m0/s1. The molecule has 0 spiro atoms. The third kappa shape index (κ3) is 3.94. The number of halogens is 2. The zero-order chi connectivity index (χ0) is 20.3. The Balaban J connectivity index is 1.89. The van der Waals surface area contributed by atoms with Gasteiger partial charge in [-0.15, -0.1) is 0 Å². The van der Waals surface area contributed by atoms with Crippen LogP contribution in [0.5, 0.6) is 0 Å². The molecule has 1 fully saturated rings. The molecule has 2 aromatic carbocycles. The van der Waals surface area contributed by atoms with Gasteiger partial charge < -0.3 is 14.9 Å². The van der Waals surface area contributed by atoms with E-state index in [1.165, 1.54) is 12.1 Å². The van der Waals surface area contributed by atoms with Gasteiger partial charge in [-0.2, -0.15) is 0 Å². The lowest BCUT2D eigenvalue weighted by atomic mass is 9.79. The van der Waals surface area contributed by atoms with E-state index in [0.29, 0.717) is 19.4 Å². The Bertz CT molecular complexity index is 812. The van der Waals surface area contributed by atoms with Gasteiger partial charge in [0.2, 0.25) is 0 Å². The Kier molecular flexibility index (Phi) is 6.40. The lowest BCUT2D eigenvalue weighted by molar-refractivity contribution is 0.0321. The van der Waals surface area contributed by atoms with Crippen molar-refractivity contribution in [3.05, 3.63) is 69.9 Å². The minimum absolute atomic E-state index is 0.0490. The molecule has 1 unspecified atom stereocenters. The molecule has 4 nitrogen and oxygen atoms in total. The molecule has 0 radical (unpaired) electrons. The van der Waals surface area contributed by atoms with Gasteiger partial charge >= 0.3 is 6.03 Å². The highest BCUT2D eigenvalue weighted by molar-refractivity contribution is 9.10. The molecule has 2 aromatic rings.